The molecule has 1 amide bonds. The van der Waals surface area contributed by atoms with Gasteiger partial charge in [-0.1, -0.05) is 37.9 Å². The summed E-state index contributed by atoms with van der Waals surface area (Å²) in [4.78, 5) is 16.6. The van der Waals surface area contributed by atoms with Crippen LogP contribution < -0.4 is 4.72 Å². The summed E-state index contributed by atoms with van der Waals surface area (Å²) < 4.78 is 2.55. The number of amides is 1. The van der Waals surface area contributed by atoms with E-state index in [-0.39, 0.29) is 16.8 Å². The Morgan fingerprint density at radius 2 is 2.39 bits per heavy atom. The van der Waals surface area contributed by atoms with Crippen LogP contribution in [0, 0.1) is 5.92 Å². The van der Waals surface area contributed by atoms with E-state index in [1.807, 2.05) is 6.92 Å². The number of aliphatic hydroxyl groups is 1. The van der Waals surface area contributed by atoms with Crippen LogP contribution in [0.25, 0.3) is 0 Å². The molecule has 0 aliphatic carbocycles. The van der Waals surface area contributed by atoms with Crippen LogP contribution in [-0.2, 0) is 4.79 Å². The van der Waals surface area contributed by atoms with Gasteiger partial charge in [0.05, 0.1) is 11.7 Å². The Labute approximate surface area is 117 Å². The maximum Gasteiger partial charge on any atom is 0.214 e. The van der Waals surface area contributed by atoms with Gasteiger partial charge in [-0.05, 0) is 13.3 Å². The number of nitrogens with zero attached hydrogens (tertiary/aromatic N) is 2. The van der Waals surface area contributed by atoms with Gasteiger partial charge in [0.15, 0.2) is 5.16 Å². The molecular formula is C11H16ClN3O2S. The number of thiol groups is 1. The summed E-state index contributed by atoms with van der Waals surface area (Å²) in [6.07, 6.45) is 1.20. The van der Waals surface area contributed by atoms with E-state index in [1.165, 1.54) is 4.90 Å². The molecule has 7 heteroatoms. The highest BCUT2D eigenvalue weighted by atomic mass is 35.5. The zero-order valence-corrected chi connectivity index (χ0v) is 11.9. The molecule has 2 N–H and O–H groups in total. The molecule has 0 spiro atoms. The lowest BCUT2D eigenvalue weighted by atomic mass is 10.1. The van der Waals surface area contributed by atoms with Gasteiger partial charge < -0.3 is 14.7 Å². The zero-order chi connectivity index (χ0) is 13.9. The minimum absolute atomic E-state index is 0.00747. The van der Waals surface area contributed by atoms with Gasteiger partial charge in [0.1, 0.15) is 11.6 Å². The number of halogens is 1. The van der Waals surface area contributed by atoms with Gasteiger partial charge in [0.2, 0.25) is 6.41 Å². The number of aliphatic hydroxyl groups excluding tert-OH is 1. The van der Waals surface area contributed by atoms with Crippen molar-refractivity contribution in [2.24, 2.45) is 10.9 Å². The van der Waals surface area contributed by atoms with Gasteiger partial charge in [-0.15, -0.1) is 0 Å². The molecule has 100 valence electrons. The molecule has 1 aliphatic rings. The van der Waals surface area contributed by atoms with E-state index in [9.17, 15) is 9.90 Å². The van der Waals surface area contributed by atoms with Crippen molar-refractivity contribution >= 4 is 36.7 Å². The van der Waals surface area contributed by atoms with Gasteiger partial charge in [-0.25, -0.2) is 4.99 Å². The highest BCUT2D eigenvalue weighted by molar-refractivity contribution is 7.78. The fraction of sp³-hybridized carbons (Fsp3) is 0.455. The number of likely N-dealkylation sites (tertiary alicyclic amines) is 1. The third-order valence-electron chi connectivity index (χ3n) is 2.79. The van der Waals surface area contributed by atoms with Gasteiger partial charge in [-0.3, -0.25) is 4.79 Å². The Morgan fingerprint density at radius 3 is 2.83 bits per heavy atom. The van der Waals surface area contributed by atoms with Crippen LogP contribution in [0.1, 0.15) is 20.3 Å². The van der Waals surface area contributed by atoms with Gasteiger partial charge in [-0.2, -0.15) is 0 Å². The third-order valence-corrected chi connectivity index (χ3v) is 3.40. The number of amidine groups is 1. The van der Waals surface area contributed by atoms with Crippen molar-refractivity contribution in [2.75, 3.05) is 0 Å². The molecule has 0 aromatic rings. The zero-order valence-electron chi connectivity index (χ0n) is 10.2. The molecule has 1 aliphatic heterocycles. The maximum absolute atomic E-state index is 11.1. The van der Waals surface area contributed by atoms with Gasteiger partial charge >= 0.3 is 0 Å². The fourth-order valence-corrected chi connectivity index (χ4v) is 2.41. The molecule has 18 heavy (non-hydrogen) atoms. The largest absolute Gasteiger partial charge is 0.511 e. The maximum atomic E-state index is 11.1. The quantitative estimate of drug-likeness (QED) is 0.186. The van der Waals surface area contributed by atoms with E-state index < -0.39 is 6.04 Å². The van der Waals surface area contributed by atoms with Crippen molar-refractivity contribution in [1.82, 2.24) is 9.62 Å². The van der Waals surface area contributed by atoms with E-state index in [2.05, 4.69) is 29.1 Å². The average Bonchev–Trinajstić information content (AvgIpc) is 2.65. The molecule has 2 atom stereocenters. The van der Waals surface area contributed by atoms with Crippen LogP contribution in [-0.4, -0.2) is 28.3 Å². The normalized spacial score (nSPS) is 27.1. The number of carbonyl (C=O) groups is 1. The Hall–Kier alpha value is -1.14. The van der Waals surface area contributed by atoms with Gasteiger partial charge in [0, 0.05) is 5.92 Å². The number of allylic oxidation sites excluding steroid dienone is 1. The third kappa shape index (κ3) is 3.00. The van der Waals surface area contributed by atoms with Crippen molar-refractivity contribution in [2.45, 2.75) is 26.3 Å². The van der Waals surface area contributed by atoms with E-state index in [1.54, 1.807) is 6.92 Å². The van der Waals surface area contributed by atoms with E-state index in [0.717, 1.165) is 0 Å². The highest BCUT2D eigenvalue weighted by Gasteiger charge is 2.37. The van der Waals surface area contributed by atoms with Crippen molar-refractivity contribution < 1.29 is 9.90 Å². The summed E-state index contributed by atoms with van der Waals surface area (Å²) in [6.45, 7) is 7.08. The molecule has 0 aromatic heterocycles. The Kier molecular flexibility index (Phi) is 5.10. The monoisotopic (exact) mass is 289 g/mol. The lowest BCUT2D eigenvalue weighted by molar-refractivity contribution is -0.117. The highest BCUT2D eigenvalue weighted by Crippen LogP contribution is 2.37. The molecule has 1 saturated heterocycles. The van der Waals surface area contributed by atoms with Crippen molar-refractivity contribution in [3.8, 4) is 0 Å². The molecule has 1 heterocycles. The molecular weight excluding hydrogens is 274 g/mol. The number of rotatable bonds is 3. The lowest BCUT2D eigenvalue weighted by Crippen LogP contribution is -2.28. The van der Waals surface area contributed by atoms with Crippen LogP contribution in [0.5, 0.6) is 0 Å². The van der Waals surface area contributed by atoms with E-state index >= 15 is 0 Å². The molecule has 1 fully saturated rings. The molecule has 0 saturated carbocycles. The standard InChI is InChI=1S/C11H16ClN3O2S/c1-6-4-9(7(2)17)15(5-16)10(6)11(12)13-8(3)14-18/h5-6,9,17-18H,2,4H2,1,3H3,(H,13,14)/b11-10-/t6?,9-/m0/s1. The summed E-state index contributed by atoms with van der Waals surface area (Å²) in [5.41, 5.74) is 0.579. The van der Waals surface area contributed by atoms with Crippen LogP contribution >= 0.6 is 24.4 Å². The predicted octanol–water partition coefficient (Wildman–Crippen LogP) is 2.19. The summed E-state index contributed by atoms with van der Waals surface area (Å²) in [7, 11) is 0. The molecule has 0 radical (unpaired) electrons. The second kappa shape index (κ2) is 6.15. The topological polar surface area (TPSA) is 64.9 Å². The minimum Gasteiger partial charge on any atom is -0.511 e. The average molecular weight is 290 g/mol. The lowest BCUT2D eigenvalue weighted by Gasteiger charge is -2.20. The fourth-order valence-electron chi connectivity index (χ4n) is 1.95. The first-order valence-electron chi connectivity index (χ1n) is 5.38. The van der Waals surface area contributed by atoms with Crippen LogP contribution in [0.3, 0.4) is 0 Å². The molecule has 5 nitrogen and oxygen atoms in total. The Balaban J connectivity index is 3.17. The molecule has 1 unspecified atom stereocenters. The Morgan fingerprint density at radius 1 is 1.78 bits per heavy atom. The van der Waals surface area contributed by atoms with E-state index in [0.29, 0.717) is 24.4 Å². The molecule has 1 rings (SSSR count). The van der Waals surface area contributed by atoms with Gasteiger partial charge in [0.25, 0.3) is 0 Å². The molecule has 0 bridgehead atoms. The minimum atomic E-state index is -0.444. The van der Waals surface area contributed by atoms with E-state index in [4.69, 9.17) is 11.6 Å². The van der Waals surface area contributed by atoms with Crippen LogP contribution in [0.15, 0.2) is 28.2 Å². The first kappa shape index (κ1) is 14.9. The number of aliphatic imine (C=N–C) groups is 1. The van der Waals surface area contributed by atoms with Crippen LogP contribution in [0.4, 0.5) is 0 Å². The van der Waals surface area contributed by atoms with Crippen molar-refractivity contribution in [3.05, 3.63) is 23.2 Å². The van der Waals surface area contributed by atoms with Crippen molar-refractivity contribution in [1.29, 1.82) is 0 Å². The first-order chi connectivity index (χ1) is 8.42. The number of hydrogen-bond acceptors (Lipinski definition) is 4. The summed E-state index contributed by atoms with van der Waals surface area (Å²) in [5, 5.41) is 9.68. The smallest absolute Gasteiger partial charge is 0.214 e. The first-order valence-corrected chi connectivity index (χ1v) is 6.21. The second-order valence-corrected chi connectivity index (χ2v) is 4.72. The summed E-state index contributed by atoms with van der Waals surface area (Å²) >= 11 is 9.96. The summed E-state index contributed by atoms with van der Waals surface area (Å²) in [6, 6.07) is -0.444. The number of hydrogen-bond donors (Lipinski definition) is 3. The number of nitrogens with one attached hydrogen (secondary N) is 1. The summed E-state index contributed by atoms with van der Waals surface area (Å²) in [5.74, 6) is 0.467. The van der Waals surface area contributed by atoms with Crippen molar-refractivity contribution in [3.63, 3.8) is 0 Å². The number of carbonyl (C=O) groups excluding carboxylic acids is 1. The predicted molar refractivity (Wildman–Crippen MR) is 75.4 cm³/mol. The molecule has 0 aromatic carbocycles. The second-order valence-electron chi connectivity index (χ2n) is 4.14. The van der Waals surface area contributed by atoms with Crippen LogP contribution in [0.2, 0.25) is 0 Å². The Bertz CT molecular complexity index is 423. The SMILES string of the molecule is C=C(O)[C@@H]1CC(C)/C(=C(Cl)/N=C(\C)NS)N1C=O.